The highest BCUT2D eigenvalue weighted by atomic mass is 16.2. The zero-order chi connectivity index (χ0) is 26.1. The molecule has 2 aliphatic carbocycles. The van der Waals surface area contributed by atoms with E-state index in [9.17, 15) is 9.59 Å². The van der Waals surface area contributed by atoms with Crippen LogP contribution in [0.5, 0.6) is 0 Å². The minimum atomic E-state index is 0.120. The van der Waals surface area contributed by atoms with Gasteiger partial charge in [-0.25, -0.2) is 19.9 Å². The predicted molar refractivity (Wildman–Crippen MR) is 143 cm³/mol. The van der Waals surface area contributed by atoms with Gasteiger partial charge in [0.05, 0.1) is 0 Å². The maximum absolute atomic E-state index is 13.0. The molecule has 2 N–H and O–H groups in total. The number of likely N-dealkylation sites (tertiary alicyclic amines) is 2. The summed E-state index contributed by atoms with van der Waals surface area (Å²) in [6, 6.07) is 4.62. The number of piperidine rings is 1. The Hall–Kier alpha value is -3.30. The van der Waals surface area contributed by atoms with Crippen molar-refractivity contribution in [3.05, 3.63) is 36.2 Å². The molecule has 10 heteroatoms. The summed E-state index contributed by atoms with van der Waals surface area (Å²) in [7, 11) is 0. The number of aryl methyl sites for hydroxylation is 1. The third kappa shape index (κ3) is 5.59. The normalized spacial score (nSPS) is 27.1. The van der Waals surface area contributed by atoms with Crippen molar-refractivity contribution < 1.29 is 9.59 Å². The van der Waals surface area contributed by atoms with Crippen molar-refractivity contribution in [2.75, 3.05) is 36.8 Å². The van der Waals surface area contributed by atoms with E-state index in [4.69, 9.17) is 0 Å². The van der Waals surface area contributed by atoms with E-state index in [1.54, 1.807) is 12.7 Å². The zero-order valence-corrected chi connectivity index (χ0v) is 22.2. The fourth-order valence-corrected chi connectivity index (χ4v) is 6.12. The van der Waals surface area contributed by atoms with Gasteiger partial charge in [0, 0.05) is 73.6 Å². The number of aromatic nitrogens is 4. The van der Waals surface area contributed by atoms with Crippen LogP contribution in [0.1, 0.15) is 56.3 Å². The van der Waals surface area contributed by atoms with Gasteiger partial charge in [0.25, 0.3) is 0 Å². The number of carbonyl (C=O) groups excluding carboxylic acids is 2. The Morgan fingerprint density at radius 1 is 0.789 bits per heavy atom. The van der Waals surface area contributed by atoms with Gasteiger partial charge in [-0.3, -0.25) is 9.59 Å². The summed E-state index contributed by atoms with van der Waals surface area (Å²) in [4.78, 5) is 46.7. The summed E-state index contributed by atoms with van der Waals surface area (Å²) in [5, 5.41) is 6.92. The molecular formula is C28H38N8O2. The SMILES string of the molecule is Cc1cc(NC2CC(C(=O)N3CCC(Cc4cc(NC5CC(C(=O)N6CCC6)C5)ncn4)CC3)C2)ncn1. The second-order valence-corrected chi connectivity index (χ2v) is 11.6. The molecule has 4 aliphatic rings. The van der Waals surface area contributed by atoms with E-state index in [1.807, 2.05) is 17.9 Å². The summed E-state index contributed by atoms with van der Waals surface area (Å²) >= 11 is 0. The molecule has 4 fully saturated rings. The Balaban J connectivity index is 0.908. The third-order valence-electron chi connectivity index (χ3n) is 8.80. The van der Waals surface area contributed by atoms with Gasteiger partial charge in [-0.15, -0.1) is 0 Å². The van der Waals surface area contributed by atoms with Crippen LogP contribution in [0.3, 0.4) is 0 Å². The summed E-state index contributed by atoms with van der Waals surface area (Å²) in [5.74, 6) is 3.15. The van der Waals surface area contributed by atoms with Crippen molar-refractivity contribution in [3.8, 4) is 0 Å². The van der Waals surface area contributed by atoms with Crippen LogP contribution in [-0.4, -0.2) is 79.8 Å². The number of nitrogens with one attached hydrogen (secondary N) is 2. The second kappa shape index (κ2) is 10.8. The minimum Gasteiger partial charge on any atom is -0.367 e. The first-order chi connectivity index (χ1) is 18.5. The Labute approximate surface area is 224 Å². The zero-order valence-electron chi connectivity index (χ0n) is 22.2. The first-order valence-corrected chi connectivity index (χ1v) is 14.2. The number of nitrogens with zero attached hydrogens (tertiary/aromatic N) is 6. The van der Waals surface area contributed by atoms with Crippen LogP contribution >= 0.6 is 0 Å². The van der Waals surface area contributed by atoms with Crippen LogP contribution in [0.4, 0.5) is 11.6 Å². The standard InChI is InChI=1S/C28H38N8O2/c1-18-9-25(31-16-29-18)33-23-13-21(14-23)28(38)36-7-3-19(4-8-36)10-22-15-26(32-17-30-22)34-24-11-20(12-24)27(37)35-5-2-6-35/h9,15-17,19-21,23-24H,2-8,10-14H2,1H3,(H,29,31,33)(H,30,32,34). The minimum absolute atomic E-state index is 0.120. The van der Waals surface area contributed by atoms with Gasteiger partial charge in [-0.2, -0.15) is 0 Å². The number of rotatable bonds is 8. The van der Waals surface area contributed by atoms with Gasteiger partial charge in [0.2, 0.25) is 11.8 Å². The highest BCUT2D eigenvalue weighted by Gasteiger charge is 2.39. The highest BCUT2D eigenvalue weighted by Crippen LogP contribution is 2.34. The number of hydrogen-bond acceptors (Lipinski definition) is 8. The van der Waals surface area contributed by atoms with Crippen LogP contribution in [0, 0.1) is 24.7 Å². The van der Waals surface area contributed by atoms with E-state index < -0.39 is 0 Å². The van der Waals surface area contributed by atoms with Gasteiger partial charge in [0.1, 0.15) is 24.3 Å². The number of amides is 2. The van der Waals surface area contributed by atoms with Crippen molar-refractivity contribution in [3.63, 3.8) is 0 Å². The van der Waals surface area contributed by atoms with E-state index >= 15 is 0 Å². The monoisotopic (exact) mass is 518 g/mol. The molecule has 0 radical (unpaired) electrons. The maximum atomic E-state index is 13.0. The summed E-state index contributed by atoms with van der Waals surface area (Å²) in [6.45, 7) is 5.47. The molecule has 2 saturated carbocycles. The lowest BCUT2D eigenvalue weighted by Crippen LogP contribution is -2.50. The molecule has 0 aromatic carbocycles. The van der Waals surface area contributed by atoms with Gasteiger partial charge >= 0.3 is 0 Å². The molecule has 202 valence electrons. The van der Waals surface area contributed by atoms with Gasteiger partial charge in [0.15, 0.2) is 0 Å². The molecule has 4 heterocycles. The Kier molecular flexibility index (Phi) is 7.12. The highest BCUT2D eigenvalue weighted by molar-refractivity contribution is 5.81. The molecule has 38 heavy (non-hydrogen) atoms. The van der Waals surface area contributed by atoms with E-state index in [-0.39, 0.29) is 11.8 Å². The molecule has 0 bridgehead atoms. The number of carbonyl (C=O) groups is 2. The lowest BCUT2D eigenvalue weighted by molar-refractivity contribution is -0.142. The van der Waals surface area contributed by atoms with Crippen LogP contribution < -0.4 is 10.6 Å². The van der Waals surface area contributed by atoms with Crippen LogP contribution in [0.2, 0.25) is 0 Å². The Morgan fingerprint density at radius 2 is 1.34 bits per heavy atom. The molecule has 2 amide bonds. The lowest BCUT2D eigenvalue weighted by atomic mass is 9.78. The second-order valence-electron chi connectivity index (χ2n) is 11.6. The summed E-state index contributed by atoms with van der Waals surface area (Å²) < 4.78 is 0. The van der Waals surface area contributed by atoms with E-state index in [0.29, 0.717) is 29.8 Å². The lowest BCUT2D eigenvalue weighted by Gasteiger charge is -2.41. The molecule has 10 nitrogen and oxygen atoms in total. The van der Waals surface area contributed by atoms with E-state index in [0.717, 1.165) is 101 Å². The number of anilines is 2. The van der Waals surface area contributed by atoms with Crippen LogP contribution in [-0.2, 0) is 16.0 Å². The van der Waals surface area contributed by atoms with Crippen molar-refractivity contribution in [2.24, 2.45) is 17.8 Å². The average Bonchev–Trinajstić information content (AvgIpc) is 2.82. The molecule has 0 unspecified atom stereocenters. The van der Waals surface area contributed by atoms with Crippen molar-refractivity contribution in [1.29, 1.82) is 0 Å². The molecule has 6 rings (SSSR count). The quantitative estimate of drug-likeness (QED) is 0.548. The van der Waals surface area contributed by atoms with Gasteiger partial charge < -0.3 is 20.4 Å². The molecule has 0 atom stereocenters. The molecule has 2 aliphatic heterocycles. The van der Waals surface area contributed by atoms with Crippen molar-refractivity contribution in [1.82, 2.24) is 29.7 Å². The molecule has 2 aromatic heterocycles. The average molecular weight is 519 g/mol. The Morgan fingerprint density at radius 3 is 1.89 bits per heavy atom. The molecule has 2 aromatic rings. The third-order valence-corrected chi connectivity index (χ3v) is 8.80. The van der Waals surface area contributed by atoms with Gasteiger partial charge in [-0.1, -0.05) is 0 Å². The topological polar surface area (TPSA) is 116 Å². The predicted octanol–water partition coefficient (Wildman–Crippen LogP) is 2.67. The molecular weight excluding hydrogens is 480 g/mol. The fourth-order valence-electron chi connectivity index (χ4n) is 6.12. The molecule has 2 saturated heterocycles. The van der Waals surface area contributed by atoms with Crippen molar-refractivity contribution >= 4 is 23.5 Å². The van der Waals surface area contributed by atoms with Crippen LogP contribution in [0.15, 0.2) is 24.8 Å². The van der Waals surface area contributed by atoms with E-state index in [1.165, 1.54) is 0 Å². The van der Waals surface area contributed by atoms with Crippen molar-refractivity contribution in [2.45, 2.75) is 70.4 Å². The molecule has 0 spiro atoms. The maximum Gasteiger partial charge on any atom is 0.225 e. The van der Waals surface area contributed by atoms with Crippen LogP contribution in [0.25, 0.3) is 0 Å². The smallest absolute Gasteiger partial charge is 0.225 e. The summed E-state index contributed by atoms with van der Waals surface area (Å²) in [5.41, 5.74) is 1.99. The Bertz CT molecular complexity index is 1150. The number of hydrogen-bond donors (Lipinski definition) is 2. The first-order valence-electron chi connectivity index (χ1n) is 14.2. The van der Waals surface area contributed by atoms with E-state index in [2.05, 4.69) is 41.5 Å². The largest absolute Gasteiger partial charge is 0.367 e. The first kappa shape index (κ1) is 25.0. The van der Waals surface area contributed by atoms with Gasteiger partial charge in [-0.05, 0) is 64.2 Å². The fraction of sp³-hybridized carbons (Fsp3) is 0.643. The summed E-state index contributed by atoms with van der Waals surface area (Å²) in [6.07, 6.45) is 10.8.